The first kappa shape index (κ1) is 11.2. The minimum Gasteiger partial charge on any atom is -0.238 e. The zero-order chi connectivity index (χ0) is 12.4. The van der Waals surface area contributed by atoms with Crippen LogP contribution >= 0.6 is 11.3 Å². The SMILES string of the molecule is Cc1csc(=Nc2ccccc2)c2ccccc12. The van der Waals surface area contributed by atoms with E-state index in [-0.39, 0.29) is 0 Å². The third-order valence-corrected chi connectivity index (χ3v) is 3.92. The van der Waals surface area contributed by atoms with E-state index in [2.05, 4.69) is 36.6 Å². The molecule has 2 aromatic carbocycles. The maximum atomic E-state index is 4.73. The summed E-state index contributed by atoms with van der Waals surface area (Å²) in [5.74, 6) is 0. The van der Waals surface area contributed by atoms with E-state index in [4.69, 9.17) is 4.99 Å². The second-order valence-electron chi connectivity index (χ2n) is 4.22. The van der Waals surface area contributed by atoms with E-state index in [1.807, 2.05) is 30.3 Å². The molecule has 0 unspecified atom stereocenters. The second kappa shape index (κ2) is 4.75. The van der Waals surface area contributed by atoms with Crippen molar-refractivity contribution in [1.29, 1.82) is 0 Å². The first-order valence-corrected chi connectivity index (χ1v) is 6.79. The zero-order valence-electron chi connectivity index (χ0n) is 10.1. The minimum atomic E-state index is 1.00. The molecule has 3 aromatic rings. The molecule has 0 N–H and O–H groups in total. The van der Waals surface area contributed by atoms with Gasteiger partial charge < -0.3 is 0 Å². The zero-order valence-corrected chi connectivity index (χ0v) is 10.9. The Morgan fingerprint density at radius 3 is 2.28 bits per heavy atom. The Hall–Kier alpha value is -1.93. The third kappa shape index (κ3) is 2.07. The first-order chi connectivity index (χ1) is 8.84. The molecule has 18 heavy (non-hydrogen) atoms. The topological polar surface area (TPSA) is 12.4 Å². The lowest BCUT2D eigenvalue weighted by Gasteiger charge is -2.01. The molecule has 0 atom stereocenters. The van der Waals surface area contributed by atoms with Gasteiger partial charge in [0.2, 0.25) is 0 Å². The lowest BCUT2D eigenvalue weighted by Crippen LogP contribution is -1.98. The summed E-state index contributed by atoms with van der Waals surface area (Å²) in [5, 5.41) is 4.68. The summed E-state index contributed by atoms with van der Waals surface area (Å²) in [6, 6.07) is 18.5. The molecule has 0 aliphatic carbocycles. The highest BCUT2D eigenvalue weighted by Crippen LogP contribution is 2.17. The van der Waals surface area contributed by atoms with E-state index < -0.39 is 0 Å². The number of hydrogen-bond acceptors (Lipinski definition) is 2. The van der Waals surface area contributed by atoms with Gasteiger partial charge in [0.05, 0.1) is 5.69 Å². The quantitative estimate of drug-likeness (QED) is 0.606. The number of nitrogens with zero attached hydrogens (tertiary/aromatic N) is 1. The second-order valence-corrected chi connectivity index (χ2v) is 5.07. The highest BCUT2D eigenvalue weighted by molar-refractivity contribution is 7.07. The van der Waals surface area contributed by atoms with Crippen LogP contribution in [0.4, 0.5) is 5.69 Å². The molecule has 88 valence electrons. The average Bonchev–Trinajstić information content (AvgIpc) is 2.44. The van der Waals surface area contributed by atoms with Gasteiger partial charge in [-0.2, -0.15) is 0 Å². The predicted octanol–water partition coefficient (Wildman–Crippen LogP) is 4.44. The van der Waals surface area contributed by atoms with Crippen LogP contribution in [0.1, 0.15) is 5.56 Å². The smallest absolute Gasteiger partial charge is 0.124 e. The fourth-order valence-corrected chi connectivity index (χ4v) is 2.87. The number of benzene rings is 2. The Morgan fingerprint density at radius 1 is 0.833 bits per heavy atom. The Bertz CT molecular complexity index is 742. The molecule has 0 aliphatic rings. The maximum Gasteiger partial charge on any atom is 0.124 e. The molecule has 0 aliphatic heterocycles. The number of rotatable bonds is 1. The molecule has 1 nitrogen and oxygen atoms in total. The van der Waals surface area contributed by atoms with Gasteiger partial charge in [-0.05, 0) is 35.4 Å². The van der Waals surface area contributed by atoms with Crippen LogP contribution in [-0.2, 0) is 0 Å². The van der Waals surface area contributed by atoms with Gasteiger partial charge >= 0.3 is 0 Å². The molecular weight excluding hydrogens is 238 g/mol. The molecule has 1 aromatic heterocycles. The largest absolute Gasteiger partial charge is 0.238 e. The van der Waals surface area contributed by atoms with Crippen LogP contribution in [0.3, 0.4) is 0 Å². The van der Waals surface area contributed by atoms with Gasteiger partial charge in [-0.1, -0.05) is 42.5 Å². The van der Waals surface area contributed by atoms with E-state index in [9.17, 15) is 0 Å². The van der Waals surface area contributed by atoms with E-state index in [0.29, 0.717) is 0 Å². The van der Waals surface area contributed by atoms with Crippen molar-refractivity contribution in [2.75, 3.05) is 0 Å². The summed E-state index contributed by atoms with van der Waals surface area (Å²) in [5.41, 5.74) is 2.31. The molecule has 3 rings (SSSR count). The maximum absolute atomic E-state index is 4.73. The lowest BCUT2D eigenvalue weighted by molar-refractivity contribution is 1.42. The fraction of sp³-hybridized carbons (Fsp3) is 0.0625. The standard InChI is InChI=1S/C16H13NS/c1-12-11-18-16(15-10-6-5-9-14(12)15)17-13-7-3-2-4-8-13/h2-11H,1H3. The molecule has 2 heteroatoms. The fourth-order valence-electron chi connectivity index (χ4n) is 1.99. The first-order valence-electron chi connectivity index (χ1n) is 5.91. The van der Waals surface area contributed by atoms with Gasteiger partial charge in [0.25, 0.3) is 0 Å². The molecular formula is C16H13NS. The van der Waals surface area contributed by atoms with Gasteiger partial charge in [0, 0.05) is 5.39 Å². The summed E-state index contributed by atoms with van der Waals surface area (Å²) in [6.07, 6.45) is 0. The number of fused-ring (bicyclic) bond motifs is 1. The molecule has 0 fully saturated rings. The molecule has 0 radical (unpaired) electrons. The third-order valence-electron chi connectivity index (χ3n) is 2.92. The van der Waals surface area contributed by atoms with Crippen molar-refractivity contribution in [1.82, 2.24) is 0 Å². The molecule has 0 saturated carbocycles. The highest BCUT2D eigenvalue weighted by Gasteiger charge is 1.99. The van der Waals surface area contributed by atoms with Crippen LogP contribution in [0, 0.1) is 6.92 Å². The number of aryl methyl sites for hydroxylation is 1. The van der Waals surface area contributed by atoms with Gasteiger partial charge in [-0.3, -0.25) is 0 Å². The Kier molecular flexibility index (Phi) is 2.95. The van der Waals surface area contributed by atoms with E-state index in [1.54, 1.807) is 11.3 Å². The van der Waals surface area contributed by atoms with Gasteiger partial charge in [-0.25, -0.2) is 4.99 Å². The van der Waals surface area contributed by atoms with Crippen molar-refractivity contribution >= 4 is 27.8 Å². The van der Waals surface area contributed by atoms with Crippen LogP contribution in [-0.4, -0.2) is 0 Å². The summed E-state index contributed by atoms with van der Waals surface area (Å²) >= 11 is 1.70. The van der Waals surface area contributed by atoms with Crippen molar-refractivity contribution in [3.8, 4) is 0 Å². The summed E-state index contributed by atoms with van der Waals surface area (Å²) < 4.78 is 1.07. The Morgan fingerprint density at radius 2 is 1.50 bits per heavy atom. The normalized spacial score (nSPS) is 11.9. The Balaban J connectivity index is 2.31. The molecule has 1 heterocycles. The number of hydrogen-bond donors (Lipinski definition) is 0. The van der Waals surface area contributed by atoms with Gasteiger partial charge in [0.15, 0.2) is 0 Å². The van der Waals surface area contributed by atoms with Crippen molar-refractivity contribution < 1.29 is 0 Å². The molecule has 0 amide bonds. The van der Waals surface area contributed by atoms with Crippen LogP contribution in [0.25, 0.3) is 10.8 Å². The summed E-state index contributed by atoms with van der Waals surface area (Å²) in [6.45, 7) is 2.14. The van der Waals surface area contributed by atoms with Crippen LogP contribution in [0.5, 0.6) is 0 Å². The van der Waals surface area contributed by atoms with Crippen molar-refractivity contribution in [3.63, 3.8) is 0 Å². The van der Waals surface area contributed by atoms with Crippen LogP contribution < -0.4 is 4.67 Å². The highest BCUT2D eigenvalue weighted by atomic mass is 32.1. The minimum absolute atomic E-state index is 1.00. The predicted molar refractivity (Wildman–Crippen MR) is 78.2 cm³/mol. The van der Waals surface area contributed by atoms with E-state index in [0.717, 1.165) is 10.4 Å². The Labute approximate surface area is 110 Å². The molecule has 0 saturated heterocycles. The monoisotopic (exact) mass is 251 g/mol. The van der Waals surface area contributed by atoms with Crippen LogP contribution in [0.2, 0.25) is 0 Å². The lowest BCUT2D eigenvalue weighted by atomic mass is 10.1. The molecule has 0 bridgehead atoms. The van der Waals surface area contributed by atoms with Crippen molar-refractivity contribution in [2.45, 2.75) is 6.92 Å². The summed E-state index contributed by atoms with van der Waals surface area (Å²) in [4.78, 5) is 4.73. The van der Waals surface area contributed by atoms with E-state index >= 15 is 0 Å². The summed E-state index contributed by atoms with van der Waals surface area (Å²) in [7, 11) is 0. The van der Waals surface area contributed by atoms with E-state index in [1.165, 1.54) is 16.3 Å². The van der Waals surface area contributed by atoms with Gasteiger partial charge in [0.1, 0.15) is 4.67 Å². The number of para-hydroxylation sites is 1. The van der Waals surface area contributed by atoms with Crippen molar-refractivity contribution in [3.05, 3.63) is 70.2 Å². The molecule has 0 spiro atoms. The van der Waals surface area contributed by atoms with Crippen LogP contribution in [0.15, 0.2) is 65.0 Å². The van der Waals surface area contributed by atoms with Crippen molar-refractivity contribution in [2.24, 2.45) is 4.99 Å². The average molecular weight is 251 g/mol. The van der Waals surface area contributed by atoms with Gasteiger partial charge in [-0.15, -0.1) is 11.3 Å².